The van der Waals surface area contributed by atoms with Gasteiger partial charge in [-0.25, -0.2) is 13.2 Å². The molecule has 3 amide bonds. The van der Waals surface area contributed by atoms with Gasteiger partial charge in [0.15, 0.2) is 5.82 Å². The molecule has 2 heterocycles. The zero-order chi connectivity index (χ0) is 29.1. The molecule has 0 unspecified atom stereocenters. The number of hydrogen-bond donors (Lipinski definition) is 1. The molecule has 3 aromatic rings. The zero-order valence-corrected chi connectivity index (χ0v) is 22.6. The fourth-order valence-electron chi connectivity index (χ4n) is 5.38. The summed E-state index contributed by atoms with van der Waals surface area (Å²) in [5, 5.41) is 10.8. The Morgan fingerprint density at radius 1 is 1.05 bits per heavy atom. The smallest absolute Gasteiger partial charge is 0.251 e. The van der Waals surface area contributed by atoms with Crippen LogP contribution in [-0.2, 0) is 14.4 Å². The molecule has 2 fully saturated rings. The van der Waals surface area contributed by atoms with Gasteiger partial charge in [0.25, 0.3) is 5.91 Å². The highest BCUT2D eigenvalue weighted by molar-refractivity contribution is 6.31. The molecule has 2 aliphatic rings. The third kappa shape index (κ3) is 6.56. The third-order valence-corrected chi connectivity index (χ3v) is 7.74. The van der Waals surface area contributed by atoms with E-state index in [1.54, 1.807) is 36.4 Å². The van der Waals surface area contributed by atoms with Crippen LogP contribution in [0.5, 0.6) is 0 Å². The van der Waals surface area contributed by atoms with Gasteiger partial charge in [0.1, 0.15) is 17.9 Å². The van der Waals surface area contributed by atoms with E-state index in [0.717, 1.165) is 11.0 Å². The molecule has 5 rings (SSSR count). The van der Waals surface area contributed by atoms with Crippen LogP contribution in [0.4, 0.5) is 24.7 Å². The normalized spacial score (nSPS) is 19.1. The van der Waals surface area contributed by atoms with E-state index in [0.29, 0.717) is 0 Å². The van der Waals surface area contributed by atoms with Gasteiger partial charge in [-0.1, -0.05) is 43.3 Å². The number of rotatable bonds is 7. The summed E-state index contributed by atoms with van der Waals surface area (Å²) in [7, 11) is 0. The summed E-state index contributed by atoms with van der Waals surface area (Å²) < 4.78 is 42.2. The Bertz CT molecular complexity index is 1430. The molecule has 8 nitrogen and oxygen atoms in total. The first kappa shape index (κ1) is 31.0. The topological polar surface area (TPSA) is 95.5 Å². The average molecular weight is 602 g/mol. The van der Waals surface area contributed by atoms with Crippen LogP contribution in [0.3, 0.4) is 0 Å². The summed E-state index contributed by atoms with van der Waals surface area (Å²) in [6, 6.07) is 11.7. The SMILES string of the molecule is C.O=C(NC1CCC(F)(F)CC1)[C@H](c1ccccc1Cl)N(C(=O)[C@@H]1CCC(=O)N1c1cccnn1)c1cccc(F)c1. The number of anilines is 2. The largest absolute Gasteiger partial charge is 0.351 e. The van der Waals surface area contributed by atoms with Crippen LogP contribution in [0.25, 0.3) is 0 Å². The van der Waals surface area contributed by atoms with Crippen molar-refractivity contribution < 1.29 is 27.6 Å². The Hall–Kier alpha value is -3.99. The molecule has 2 atom stereocenters. The maximum absolute atomic E-state index is 14.5. The van der Waals surface area contributed by atoms with Crippen LogP contribution in [0, 0.1) is 5.82 Å². The minimum Gasteiger partial charge on any atom is -0.351 e. The number of halogens is 4. The van der Waals surface area contributed by atoms with Crippen molar-refractivity contribution in [1.82, 2.24) is 15.5 Å². The van der Waals surface area contributed by atoms with Crippen molar-refractivity contribution in [1.29, 1.82) is 0 Å². The minimum atomic E-state index is -2.80. The van der Waals surface area contributed by atoms with Gasteiger partial charge in [-0.15, -0.1) is 5.10 Å². The van der Waals surface area contributed by atoms with Crippen LogP contribution in [0.2, 0.25) is 5.02 Å². The highest BCUT2D eigenvalue weighted by Gasteiger charge is 2.45. The fourth-order valence-corrected chi connectivity index (χ4v) is 5.61. The first-order valence-corrected chi connectivity index (χ1v) is 13.6. The summed E-state index contributed by atoms with van der Waals surface area (Å²) in [6.07, 6.45) is 0.951. The average Bonchev–Trinajstić information content (AvgIpc) is 3.34. The Balaban J connectivity index is 0.00000405. The minimum absolute atomic E-state index is 0. The first-order valence-electron chi connectivity index (χ1n) is 13.3. The molecule has 2 aromatic carbocycles. The highest BCUT2D eigenvalue weighted by Crippen LogP contribution is 2.37. The predicted octanol–water partition coefficient (Wildman–Crippen LogP) is 5.87. The van der Waals surface area contributed by atoms with E-state index in [2.05, 4.69) is 15.5 Å². The molecular formula is C30H31ClF3N5O3. The third-order valence-electron chi connectivity index (χ3n) is 7.40. The van der Waals surface area contributed by atoms with Crippen molar-refractivity contribution in [2.75, 3.05) is 9.80 Å². The molecule has 12 heteroatoms. The van der Waals surface area contributed by atoms with Crippen molar-refractivity contribution in [2.45, 2.75) is 70.0 Å². The van der Waals surface area contributed by atoms with Crippen molar-refractivity contribution in [2.24, 2.45) is 0 Å². The standard InChI is InChI=1S/C29H27ClF3N5O3.CH4/c30-22-8-2-1-7-21(22)26(27(40)35-19-12-14-29(32,33)15-13-19)37(20-6-3-5-18(31)17-20)28(41)23-10-11-25(39)38(23)24-9-4-16-34-36-24;/h1-9,16-17,19,23,26H,10-15H2,(H,35,40);1H4/t23-,26-;/m0./s1. The molecular weight excluding hydrogens is 571 g/mol. The van der Waals surface area contributed by atoms with E-state index in [9.17, 15) is 27.6 Å². The monoisotopic (exact) mass is 601 g/mol. The second-order valence-corrected chi connectivity index (χ2v) is 10.6. The molecule has 42 heavy (non-hydrogen) atoms. The van der Waals surface area contributed by atoms with Gasteiger partial charge in [-0.3, -0.25) is 24.2 Å². The molecule has 1 saturated heterocycles. The Morgan fingerprint density at radius 2 is 1.79 bits per heavy atom. The quantitative estimate of drug-likeness (QED) is 0.365. The summed E-state index contributed by atoms with van der Waals surface area (Å²) in [4.78, 5) is 43.7. The van der Waals surface area contributed by atoms with Crippen molar-refractivity contribution in [3.63, 3.8) is 0 Å². The van der Waals surface area contributed by atoms with Gasteiger partial charge in [0.2, 0.25) is 17.7 Å². The molecule has 1 aliphatic carbocycles. The van der Waals surface area contributed by atoms with Gasteiger partial charge in [-0.05, 0) is 55.7 Å². The van der Waals surface area contributed by atoms with E-state index in [1.807, 2.05) is 0 Å². The Morgan fingerprint density at radius 3 is 2.45 bits per heavy atom. The second-order valence-electron chi connectivity index (χ2n) is 10.2. The van der Waals surface area contributed by atoms with Crippen LogP contribution < -0.4 is 15.1 Å². The zero-order valence-electron chi connectivity index (χ0n) is 21.9. The van der Waals surface area contributed by atoms with Gasteiger partial charge in [-0.2, -0.15) is 5.10 Å². The van der Waals surface area contributed by atoms with Crippen LogP contribution in [0.1, 0.15) is 57.6 Å². The van der Waals surface area contributed by atoms with Gasteiger partial charge in [0.05, 0.1) is 0 Å². The van der Waals surface area contributed by atoms with Crippen LogP contribution in [0.15, 0.2) is 66.9 Å². The predicted molar refractivity (Wildman–Crippen MR) is 153 cm³/mol. The van der Waals surface area contributed by atoms with Crippen LogP contribution >= 0.6 is 11.6 Å². The van der Waals surface area contributed by atoms with Crippen molar-refractivity contribution in [3.8, 4) is 0 Å². The second kappa shape index (κ2) is 12.9. The van der Waals surface area contributed by atoms with E-state index in [4.69, 9.17) is 11.6 Å². The van der Waals surface area contributed by atoms with Gasteiger partial charge >= 0.3 is 0 Å². The number of nitrogens with one attached hydrogen (secondary N) is 1. The number of benzene rings is 2. The highest BCUT2D eigenvalue weighted by atomic mass is 35.5. The maximum Gasteiger partial charge on any atom is 0.251 e. The van der Waals surface area contributed by atoms with Crippen LogP contribution in [-0.4, -0.2) is 45.9 Å². The summed E-state index contributed by atoms with van der Waals surface area (Å²) >= 11 is 6.54. The number of aromatic nitrogens is 2. The van der Waals surface area contributed by atoms with Crippen molar-refractivity contribution in [3.05, 3.63) is 83.3 Å². The number of hydrogen-bond acceptors (Lipinski definition) is 5. The lowest BCUT2D eigenvalue weighted by molar-refractivity contribution is -0.128. The number of nitrogens with zero attached hydrogens (tertiary/aromatic N) is 4. The van der Waals surface area contributed by atoms with Crippen molar-refractivity contribution >= 4 is 40.8 Å². The molecule has 0 spiro atoms. The van der Waals surface area contributed by atoms with E-state index >= 15 is 0 Å². The maximum atomic E-state index is 14.5. The lowest BCUT2D eigenvalue weighted by Gasteiger charge is -2.37. The molecule has 1 N–H and O–H groups in total. The molecule has 1 aromatic heterocycles. The van der Waals surface area contributed by atoms with E-state index in [-0.39, 0.29) is 74.0 Å². The first-order chi connectivity index (χ1) is 19.6. The van der Waals surface area contributed by atoms with Gasteiger partial charge in [0, 0.05) is 47.8 Å². The molecule has 0 radical (unpaired) electrons. The van der Waals surface area contributed by atoms with E-state index in [1.165, 1.54) is 29.3 Å². The summed E-state index contributed by atoms with van der Waals surface area (Å²) in [6.45, 7) is 0. The molecule has 1 aliphatic heterocycles. The number of carbonyl (C=O) groups is 3. The van der Waals surface area contributed by atoms with Gasteiger partial charge < -0.3 is 5.32 Å². The molecule has 0 bridgehead atoms. The number of amides is 3. The molecule has 222 valence electrons. The Kier molecular flexibility index (Phi) is 9.50. The number of carbonyl (C=O) groups excluding carboxylic acids is 3. The fraction of sp³-hybridized carbons (Fsp3) is 0.367. The molecule has 1 saturated carbocycles. The summed E-state index contributed by atoms with van der Waals surface area (Å²) in [5.41, 5.74) is 0.310. The van der Waals surface area contributed by atoms with E-state index < -0.39 is 41.7 Å². The lowest BCUT2D eigenvalue weighted by Crippen LogP contribution is -2.53. The summed E-state index contributed by atoms with van der Waals surface area (Å²) in [5.74, 6) is -4.98. The number of alkyl halides is 2. The lowest BCUT2D eigenvalue weighted by atomic mass is 9.91. The Labute approximate surface area is 246 Å².